The van der Waals surface area contributed by atoms with E-state index in [-0.39, 0.29) is 0 Å². The van der Waals surface area contributed by atoms with E-state index in [9.17, 15) is 0 Å². The van der Waals surface area contributed by atoms with Gasteiger partial charge in [0.1, 0.15) is 6.17 Å². The second-order valence-corrected chi connectivity index (χ2v) is 12.5. The SMILES string of the molecule is CCCCCCCCCCCCCN1C=CN(CCCCCCCC)C1CCCCCCCCCCCC. The minimum atomic E-state index is 0.641. The lowest BCUT2D eigenvalue weighted by Gasteiger charge is -2.33. The highest BCUT2D eigenvalue weighted by molar-refractivity contribution is 4.97. The Morgan fingerprint density at radius 2 is 0.605 bits per heavy atom. The summed E-state index contributed by atoms with van der Waals surface area (Å²) in [5.41, 5.74) is 0. The molecule has 0 spiro atoms. The van der Waals surface area contributed by atoms with Crippen molar-refractivity contribution in [3.05, 3.63) is 12.4 Å². The lowest BCUT2D eigenvalue weighted by atomic mass is 10.0. The van der Waals surface area contributed by atoms with Gasteiger partial charge in [-0.05, 0) is 25.7 Å². The molecule has 2 heteroatoms. The van der Waals surface area contributed by atoms with Crippen molar-refractivity contribution in [1.82, 2.24) is 9.80 Å². The number of hydrogen-bond donors (Lipinski definition) is 0. The van der Waals surface area contributed by atoms with Crippen molar-refractivity contribution in [2.45, 2.75) is 207 Å². The van der Waals surface area contributed by atoms with E-state index in [1.54, 1.807) is 0 Å². The Bertz CT molecular complexity index is 488. The third-order valence-corrected chi connectivity index (χ3v) is 8.82. The number of unbranched alkanes of at least 4 members (excludes halogenated alkanes) is 24. The molecule has 0 amide bonds. The van der Waals surface area contributed by atoms with E-state index in [1.807, 2.05) is 0 Å². The van der Waals surface area contributed by atoms with Crippen LogP contribution in [0.15, 0.2) is 12.4 Å². The fraction of sp³-hybridized carbons (Fsp3) is 0.944. The summed E-state index contributed by atoms with van der Waals surface area (Å²) < 4.78 is 0. The zero-order valence-electron chi connectivity index (χ0n) is 26.8. The van der Waals surface area contributed by atoms with E-state index in [0.717, 1.165) is 0 Å². The highest BCUT2D eigenvalue weighted by Crippen LogP contribution is 2.24. The van der Waals surface area contributed by atoms with Crippen LogP contribution in [-0.2, 0) is 0 Å². The van der Waals surface area contributed by atoms with E-state index in [1.165, 1.54) is 193 Å². The molecule has 2 nitrogen and oxygen atoms in total. The van der Waals surface area contributed by atoms with Crippen LogP contribution in [0.1, 0.15) is 201 Å². The van der Waals surface area contributed by atoms with Crippen LogP contribution in [0.4, 0.5) is 0 Å². The molecule has 1 aliphatic heterocycles. The number of rotatable bonds is 30. The normalized spacial score (nSPS) is 15.3. The third kappa shape index (κ3) is 20.3. The maximum Gasteiger partial charge on any atom is 0.101 e. The quantitative estimate of drug-likeness (QED) is 0.0848. The first-order chi connectivity index (χ1) is 18.8. The first-order valence-electron chi connectivity index (χ1n) is 18.0. The van der Waals surface area contributed by atoms with Crippen molar-refractivity contribution in [3.63, 3.8) is 0 Å². The van der Waals surface area contributed by atoms with Crippen molar-refractivity contribution in [1.29, 1.82) is 0 Å². The van der Waals surface area contributed by atoms with Gasteiger partial charge in [-0.25, -0.2) is 0 Å². The van der Waals surface area contributed by atoms with Crippen LogP contribution in [-0.4, -0.2) is 29.1 Å². The smallest absolute Gasteiger partial charge is 0.101 e. The molecule has 0 fully saturated rings. The van der Waals surface area contributed by atoms with Crippen molar-refractivity contribution < 1.29 is 0 Å². The summed E-state index contributed by atoms with van der Waals surface area (Å²) in [5.74, 6) is 0. The highest BCUT2D eigenvalue weighted by atomic mass is 15.4. The molecule has 1 heterocycles. The fourth-order valence-corrected chi connectivity index (χ4v) is 6.19. The van der Waals surface area contributed by atoms with Gasteiger partial charge in [0.15, 0.2) is 0 Å². The Morgan fingerprint density at radius 1 is 0.342 bits per heavy atom. The molecule has 0 saturated heterocycles. The molecular formula is C36H72N2. The predicted octanol–water partition coefficient (Wildman–Crippen LogP) is 12.4. The topological polar surface area (TPSA) is 6.48 Å². The van der Waals surface area contributed by atoms with Gasteiger partial charge in [-0.1, -0.05) is 175 Å². The van der Waals surface area contributed by atoms with Crippen molar-refractivity contribution in [2.75, 3.05) is 13.1 Å². The fourth-order valence-electron chi connectivity index (χ4n) is 6.19. The van der Waals surface area contributed by atoms with E-state index < -0.39 is 0 Å². The monoisotopic (exact) mass is 533 g/mol. The molecule has 1 aliphatic rings. The van der Waals surface area contributed by atoms with E-state index in [4.69, 9.17) is 0 Å². The molecule has 0 aromatic heterocycles. The molecule has 0 N–H and O–H groups in total. The Hall–Kier alpha value is -0.660. The van der Waals surface area contributed by atoms with E-state index >= 15 is 0 Å². The van der Waals surface area contributed by atoms with Crippen LogP contribution >= 0.6 is 0 Å². The lowest BCUT2D eigenvalue weighted by Crippen LogP contribution is -2.39. The van der Waals surface area contributed by atoms with Gasteiger partial charge in [0, 0.05) is 25.5 Å². The molecule has 1 rings (SSSR count). The minimum absolute atomic E-state index is 0.641. The van der Waals surface area contributed by atoms with Gasteiger partial charge in [0.05, 0.1) is 0 Å². The Kier molecular flexibility index (Phi) is 26.0. The van der Waals surface area contributed by atoms with Crippen molar-refractivity contribution in [3.8, 4) is 0 Å². The molecule has 1 atom stereocenters. The lowest BCUT2D eigenvalue weighted by molar-refractivity contribution is 0.135. The average Bonchev–Trinajstić information content (AvgIpc) is 3.31. The third-order valence-electron chi connectivity index (χ3n) is 8.82. The first kappa shape index (κ1) is 35.4. The molecule has 1 unspecified atom stereocenters. The van der Waals surface area contributed by atoms with Crippen LogP contribution in [0.3, 0.4) is 0 Å². The summed E-state index contributed by atoms with van der Waals surface area (Å²) in [7, 11) is 0. The second-order valence-electron chi connectivity index (χ2n) is 12.5. The Labute approximate surface area is 241 Å². The zero-order valence-corrected chi connectivity index (χ0v) is 26.8. The first-order valence-corrected chi connectivity index (χ1v) is 18.0. The van der Waals surface area contributed by atoms with Crippen LogP contribution in [0.2, 0.25) is 0 Å². The molecule has 0 aromatic carbocycles. The van der Waals surface area contributed by atoms with Gasteiger partial charge in [-0.15, -0.1) is 0 Å². The Balaban J connectivity index is 2.22. The van der Waals surface area contributed by atoms with Crippen LogP contribution < -0.4 is 0 Å². The van der Waals surface area contributed by atoms with Gasteiger partial charge < -0.3 is 9.80 Å². The summed E-state index contributed by atoms with van der Waals surface area (Å²) in [6.45, 7) is 9.47. The molecule has 0 saturated carbocycles. The summed E-state index contributed by atoms with van der Waals surface area (Å²) in [4.78, 5) is 5.41. The van der Waals surface area contributed by atoms with Crippen molar-refractivity contribution in [2.24, 2.45) is 0 Å². The van der Waals surface area contributed by atoms with Crippen LogP contribution in [0.25, 0.3) is 0 Å². The van der Waals surface area contributed by atoms with Crippen LogP contribution in [0, 0.1) is 0 Å². The standard InChI is InChI=1S/C36H72N2/c1-4-7-10-13-16-18-20-22-24-27-30-33-38-35-34-37(32-29-26-15-12-9-6-3)36(38)31-28-25-23-21-19-17-14-11-8-5-2/h34-36H,4-33H2,1-3H3. The Morgan fingerprint density at radius 3 is 0.921 bits per heavy atom. The van der Waals surface area contributed by atoms with Gasteiger partial charge in [-0.2, -0.15) is 0 Å². The molecule has 0 aromatic rings. The van der Waals surface area contributed by atoms with Crippen LogP contribution in [0.5, 0.6) is 0 Å². The molecule has 0 aliphatic carbocycles. The summed E-state index contributed by atoms with van der Waals surface area (Å²) in [5, 5.41) is 0. The van der Waals surface area contributed by atoms with E-state index in [0.29, 0.717) is 6.17 Å². The minimum Gasteiger partial charge on any atom is -0.356 e. The molecule has 0 radical (unpaired) electrons. The van der Waals surface area contributed by atoms with Gasteiger partial charge in [0.25, 0.3) is 0 Å². The van der Waals surface area contributed by atoms with Gasteiger partial charge in [0.2, 0.25) is 0 Å². The van der Waals surface area contributed by atoms with E-state index in [2.05, 4.69) is 43.0 Å². The number of nitrogens with zero attached hydrogens (tertiary/aromatic N) is 2. The maximum absolute atomic E-state index is 2.71. The highest BCUT2D eigenvalue weighted by Gasteiger charge is 2.24. The largest absolute Gasteiger partial charge is 0.356 e. The van der Waals surface area contributed by atoms with Gasteiger partial charge in [-0.3, -0.25) is 0 Å². The maximum atomic E-state index is 2.71. The molecule has 226 valence electrons. The average molecular weight is 533 g/mol. The zero-order chi connectivity index (χ0) is 27.4. The predicted molar refractivity (Wildman–Crippen MR) is 173 cm³/mol. The van der Waals surface area contributed by atoms with Crippen molar-refractivity contribution >= 4 is 0 Å². The molecular weight excluding hydrogens is 460 g/mol. The molecule has 38 heavy (non-hydrogen) atoms. The summed E-state index contributed by atoms with van der Waals surface area (Å²) >= 11 is 0. The summed E-state index contributed by atoms with van der Waals surface area (Å²) in [6, 6.07) is 0. The molecule has 0 bridgehead atoms. The second kappa shape index (κ2) is 27.9. The van der Waals surface area contributed by atoms with Gasteiger partial charge >= 0.3 is 0 Å². The summed E-state index contributed by atoms with van der Waals surface area (Å²) in [6.07, 6.45) is 45.5. The number of hydrogen-bond acceptors (Lipinski definition) is 2.